The molecule has 10 heteroatoms. The third-order valence-corrected chi connectivity index (χ3v) is 14.3. The van der Waals surface area contributed by atoms with Gasteiger partial charge in [0.05, 0.1) is 65.3 Å². The number of nitrogens with zero attached hydrogens (tertiary/aromatic N) is 10. The van der Waals surface area contributed by atoms with Crippen molar-refractivity contribution in [2.45, 2.75) is 0 Å². The molecule has 10 aromatic carbocycles. The average molecular weight is 993 g/mol. The van der Waals surface area contributed by atoms with Crippen LogP contribution in [0.15, 0.2) is 218 Å². The summed E-state index contributed by atoms with van der Waals surface area (Å²) in [6, 6.07) is 75.8. The number of nitriles is 2. The minimum Gasteiger partial charge on any atom is -0.309 e. The molecule has 0 fully saturated rings. The molecule has 358 valence electrons. The first-order valence-corrected chi connectivity index (χ1v) is 24.9. The third-order valence-electron chi connectivity index (χ3n) is 14.3. The average Bonchev–Trinajstić information content (AvgIpc) is 4.26. The first-order chi connectivity index (χ1) is 38.4. The normalized spacial score (nSPS) is 11.0. The van der Waals surface area contributed by atoms with Gasteiger partial charge < -0.3 is 9.13 Å². The fraction of sp³-hybridized carbons (Fsp3) is 0. The van der Waals surface area contributed by atoms with Crippen molar-refractivity contribution in [2.24, 2.45) is 0 Å². The summed E-state index contributed by atoms with van der Waals surface area (Å²) < 4.78 is 4.51. The van der Waals surface area contributed by atoms with Gasteiger partial charge in [-0.25, -0.2) is 29.5 Å². The Balaban J connectivity index is 1.10. The predicted octanol–water partition coefficient (Wildman–Crippen LogP) is 17.5. The predicted molar refractivity (Wildman–Crippen MR) is 309 cm³/mol. The molecular weight excluding hydrogens is 957 g/mol. The van der Waals surface area contributed by atoms with E-state index in [1.807, 2.05) is 133 Å². The lowest BCUT2D eigenvalue weighted by molar-refractivity contribution is 1.07. The van der Waals surface area contributed by atoms with Crippen molar-refractivity contribution in [2.75, 3.05) is 0 Å². The van der Waals surface area contributed by atoms with Gasteiger partial charge in [0.2, 0.25) is 0 Å². The minimum atomic E-state index is 0.398. The van der Waals surface area contributed by atoms with Crippen LogP contribution in [0.5, 0.6) is 0 Å². The molecule has 0 bridgehead atoms. The van der Waals surface area contributed by atoms with Crippen LogP contribution < -0.4 is 0 Å². The Kier molecular flexibility index (Phi) is 11.2. The molecular formula is C68H36N10. The molecule has 0 unspecified atom stereocenters. The Bertz CT molecular complexity index is 4800. The van der Waals surface area contributed by atoms with Crippen LogP contribution in [0.3, 0.4) is 0 Å². The second kappa shape index (κ2) is 18.9. The van der Waals surface area contributed by atoms with Gasteiger partial charge in [0.15, 0.2) is 34.5 Å². The molecule has 10 nitrogen and oxygen atoms in total. The number of para-hydroxylation sites is 2. The summed E-state index contributed by atoms with van der Waals surface area (Å²) in [7, 11) is 0. The van der Waals surface area contributed by atoms with Gasteiger partial charge in [-0.3, -0.25) is 0 Å². The Hall–Kier alpha value is -11.7. The first kappa shape index (κ1) is 46.1. The van der Waals surface area contributed by atoms with Crippen molar-refractivity contribution in [3.05, 3.63) is 264 Å². The van der Waals surface area contributed by atoms with Gasteiger partial charge >= 0.3 is 0 Å². The van der Waals surface area contributed by atoms with Crippen LogP contribution in [0.4, 0.5) is 17.1 Å². The van der Waals surface area contributed by atoms with Gasteiger partial charge in [-0.2, -0.15) is 10.5 Å². The summed E-state index contributed by atoms with van der Waals surface area (Å²) in [6.07, 6.45) is 0. The van der Waals surface area contributed by atoms with Crippen LogP contribution in [0, 0.1) is 42.4 Å². The number of benzene rings is 10. The Morgan fingerprint density at radius 1 is 0.346 bits per heavy atom. The zero-order valence-electron chi connectivity index (χ0n) is 41.3. The maximum absolute atomic E-state index is 10.3. The van der Waals surface area contributed by atoms with Gasteiger partial charge in [-0.15, -0.1) is 0 Å². The van der Waals surface area contributed by atoms with E-state index >= 15 is 0 Å². The molecule has 0 atom stereocenters. The quantitative estimate of drug-likeness (QED) is 0.141. The molecule has 0 N–H and O–H groups in total. The highest BCUT2D eigenvalue weighted by molar-refractivity contribution is 6.13. The molecule has 13 rings (SSSR count). The van der Waals surface area contributed by atoms with Crippen LogP contribution in [-0.4, -0.2) is 24.1 Å². The fourth-order valence-corrected chi connectivity index (χ4v) is 10.7. The van der Waals surface area contributed by atoms with E-state index in [1.165, 1.54) is 0 Å². The number of fused-ring (bicyclic) bond motifs is 6. The summed E-state index contributed by atoms with van der Waals surface area (Å²) in [4.78, 5) is 26.8. The van der Waals surface area contributed by atoms with E-state index in [1.54, 1.807) is 24.3 Å². The summed E-state index contributed by atoms with van der Waals surface area (Å²) in [5.41, 5.74) is 14.6. The van der Waals surface area contributed by atoms with E-state index < -0.39 is 0 Å². The molecule has 0 spiro atoms. The molecule has 0 amide bonds. The molecule has 3 heterocycles. The fourth-order valence-electron chi connectivity index (χ4n) is 10.7. The highest BCUT2D eigenvalue weighted by Gasteiger charge is 2.24. The van der Waals surface area contributed by atoms with Crippen molar-refractivity contribution in [1.82, 2.24) is 24.1 Å². The minimum absolute atomic E-state index is 0.398. The maximum atomic E-state index is 10.3. The largest absolute Gasteiger partial charge is 0.309 e. The molecule has 0 radical (unpaired) electrons. The zero-order valence-corrected chi connectivity index (χ0v) is 41.3. The topological polar surface area (TPSA) is 109 Å². The van der Waals surface area contributed by atoms with Crippen molar-refractivity contribution in [3.8, 4) is 91.1 Å². The van der Waals surface area contributed by atoms with Gasteiger partial charge in [-0.05, 0) is 113 Å². The lowest BCUT2D eigenvalue weighted by Crippen LogP contribution is -2.03. The summed E-state index contributed by atoms with van der Waals surface area (Å²) >= 11 is 0. The Morgan fingerprint density at radius 2 is 0.821 bits per heavy atom. The third kappa shape index (κ3) is 7.74. The lowest BCUT2D eigenvalue weighted by Gasteiger charge is -2.20. The number of aromatic nitrogens is 5. The van der Waals surface area contributed by atoms with Crippen molar-refractivity contribution in [1.29, 1.82) is 10.5 Å². The number of rotatable bonds is 8. The van der Waals surface area contributed by atoms with Crippen LogP contribution in [0.2, 0.25) is 0 Å². The molecule has 0 saturated carbocycles. The van der Waals surface area contributed by atoms with Crippen LogP contribution >= 0.6 is 0 Å². The van der Waals surface area contributed by atoms with Crippen LogP contribution in [0.1, 0.15) is 11.1 Å². The smallest absolute Gasteiger partial charge is 0.196 e. The maximum Gasteiger partial charge on any atom is 0.196 e. The zero-order chi connectivity index (χ0) is 52.9. The van der Waals surface area contributed by atoms with Gasteiger partial charge in [0.25, 0.3) is 0 Å². The van der Waals surface area contributed by atoms with E-state index in [0.717, 1.165) is 105 Å². The van der Waals surface area contributed by atoms with Gasteiger partial charge in [0, 0.05) is 54.9 Å². The Morgan fingerprint density at radius 3 is 1.38 bits per heavy atom. The van der Waals surface area contributed by atoms with E-state index in [-0.39, 0.29) is 0 Å². The van der Waals surface area contributed by atoms with Crippen molar-refractivity contribution >= 4 is 60.7 Å². The van der Waals surface area contributed by atoms with E-state index in [2.05, 4.69) is 96.5 Å². The highest BCUT2D eigenvalue weighted by atomic mass is 15.0. The second-order valence-electron chi connectivity index (χ2n) is 18.7. The molecule has 0 aliphatic heterocycles. The van der Waals surface area contributed by atoms with Crippen molar-refractivity contribution < 1.29 is 0 Å². The Labute approximate surface area is 448 Å². The first-order valence-electron chi connectivity index (χ1n) is 24.9. The van der Waals surface area contributed by atoms with E-state index in [4.69, 9.17) is 34.7 Å². The molecule has 0 aliphatic rings. The lowest BCUT2D eigenvalue weighted by atomic mass is 9.97. The van der Waals surface area contributed by atoms with E-state index in [9.17, 15) is 10.5 Å². The molecule has 78 heavy (non-hydrogen) atoms. The molecule has 3 aromatic heterocycles. The molecule has 0 aliphatic carbocycles. The summed E-state index contributed by atoms with van der Waals surface area (Å²) in [6.45, 7) is 24.0. The van der Waals surface area contributed by atoms with Gasteiger partial charge in [0.1, 0.15) is 0 Å². The van der Waals surface area contributed by atoms with Crippen LogP contribution in [-0.2, 0) is 0 Å². The number of hydrogen-bond donors (Lipinski definition) is 0. The SMILES string of the molecule is [C-]#[N+]c1ccc(-c2ccc3c(c2)c2ccccc2n3-c2ccc(-c3nc(-c4ccccc4)nc(-c4ccccc4)n3)cc2-c2cc([N+]#[C-])ccc2-n2c3ccccc3c3cc(-c4ccc(C#N)cc4[N+]#[C-])ccc32)c(C#N)c1. The molecule has 0 saturated heterocycles. The van der Waals surface area contributed by atoms with Gasteiger partial charge in [-0.1, -0.05) is 133 Å². The summed E-state index contributed by atoms with van der Waals surface area (Å²) in [5.74, 6) is 1.52. The number of hydrogen-bond acceptors (Lipinski definition) is 5. The highest BCUT2D eigenvalue weighted by Crippen LogP contribution is 2.45. The van der Waals surface area contributed by atoms with Crippen molar-refractivity contribution in [3.63, 3.8) is 0 Å². The monoisotopic (exact) mass is 992 g/mol. The summed E-state index contributed by atoms with van der Waals surface area (Å²) in [5, 5.41) is 23.8. The molecule has 13 aromatic rings. The second-order valence-corrected chi connectivity index (χ2v) is 18.7. The van der Waals surface area contributed by atoms with E-state index in [0.29, 0.717) is 45.7 Å². The van der Waals surface area contributed by atoms with Crippen LogP contribution in [0.25, 0.3) is 137 Å². The standard InChI is InChI=1S/C68H36N10/c1-71-49-26-29-51(48(35-49)41-70)45-23-30-62-55(36-45)53-18-10-12-20-60(53)77(62)64-32-25-47(68-75-66(43-14-6-4-7-15-43)74-67(76-68)44-16-8-5-9-17-44)38-57(64)58-39-50(72-2)27-33-65(58)78-61-21-13-11-19-54(61)56-37-46(24-31-63(56)78)52-28-22-42(40-69)34-59(52)73-3/h4-39H.